The molecular weight excluding hydrogens is 290 g/mol. The van der Waals surface area contributed by atoms with E-state index in [9.17, 15) is 9.59 Å². The molecule has 2 heterocycles. The van der Waals surface area contributed by atoms with E-state index in [0.29, 0.717) is 22.5 Å². The number of aromatic nitrogens is 2. The third-order valence-electron chi connectivity index (χ3n) is 3.18. The predicted octanol–water partition coefficient (Wildman–Crippen LogP) is 2.57. The average molecular weight is 300 g/mol. The molecule has 0 atom stereocenters. The second kappa shape index (κ2) is 5.10. The number of rotatable bonds is 3. The van der Waals surface area contributed by atoms with E-state index in [-0.39, 0.29) is 23.6 Å². The zero-order valence-corrected chi connectivity index (χ0v) is 11.7. The lowest BCUT2D eigenvalue weighted by atomic mass is 10.1. The number of fused-ring (bicyclic) bond motifs is 1. The highest BCUT2D eigenvalue weighted by atomic mass is 35.5. The molecule has 21 heavy (non-hydrogen) atoms. The highest BCUT2D eigenvalue weighted by Gasteiger charge is 2.35. The summed E-state index contributed by atoms with van der Waals surface area (Å²) in [5, 5.41) is 0.0546. The molecule has 0 N–H and O–H groups in total. The van der Waals surface area contributed by atoms with Crippen LogP contribution in [0.4, 0.5) is 0 Å². The maximum atomic E-state index is 12.3. The summed E-state index contributed by atoms with van der Waals surface area (Å²) < 4.78 is 0. The van der Waals surface area contributed by atoms with Crippen molar-refractivity contribution in [3.63, 3.8) is 0 Å². The standard InChI is InChI=1S/C15H10ClN3O2/c1-2-9-7-10(18-15(16)17-9)8-19-13(20)11-5-3-4-6-12(11)14(19)21/h2-7H,1,8H2. The lowest BCUT2D eigenvalue weighted by molar-refractivity contribution is 0.0640. The van der Waals surface area contributed by atoms with Crippen molar-refractivity contribution in [2.45, 2.75) is 6.54 Å². The molecule has 0 fully saturated rings. The third kappa shape index (κ3) is 2.32. The zero-order valence-electron chi connectivity index (χ0n) is 10.9. The number of amides is 2. The molecule has 0 unspecified atom stereocenters. The smallest absolute Gasteiger partial charge is 0.261 e. The summed E-state index contributed by atoms with van der Waals surface area (Å²) in [7, 11) is 0. The molecule has 0 saturated heterocycles. The Hall–Kier alpha value is -2.53. The number of hydrogen-bond donors (Lipinski definition) is 0. The van der Waals surface area contributed by atoms with Gasteiger partial charge in [0.2, 0.25) is 5.28 Å². The van der Waals surface area contributed by atoms with Gasteiger partial charge in [0.25, 0.3) is 11.8 Å². The maximum Gasteiger partial charge on any atom is 0.261 e. The first-order valence-corrected chi connectivity index (χ1v) is 6.59. The minimum atomic E-state index is -0.328. The molecule has 5 nitrogen and oxygen atoms in total. The van der Waals surface area contributed by atoms with Crippen molar-refractivity contribution in [2.75, 3.05) is 0 Å². The molecule has 1 aliphatic rings. The van der Waals surface area contributed by atoms with Crippen molar-refractivity contribution in [2.24, 2.45) is 0 Å². The summed E-state index contributed by atoms with van der Waals surface area (Å²) in [6.45, 7) is 3.66. The Morgan fingerprint density at radius 2 is 1.76 bits per heavy atom. The molecule has 2 amide bonds. The third-order valence-corrected chi connectivity index (χ3v) is 3.35. The summed E-state index contributed by atoms with van der Waals surface area (Å²) in [5.74, 6) is -0.657. The van der Waals surface area contributed by atoms with Crippen LogP contribution in [0.3, 0.4) is 0 Å². The lowest BCUT2D eigenvalue weighted by Crippen LogP contribution is -2.29. The van der Waals surface area contributed by atoms with Gasteiger partial charge < -0.3 is 0 Å². The number of hydrogen-bond acceptors (Lipinski definition) is 4. The van der Waals surface area contributed by atoms with Crippen LogP contribution in [0.25, 0.3) is 6.08 Å². The van der Waals surface area contributed by atoms with Gasteiger partial charge in [-0.2, -0.15) is 0 Å². The van der Waals surface area contributed by atoms with Crippen LogP contribution in [-0.4, -0.2) is 26.7 Å². The summed E-state index contributed by atoms with van der Waals surface area (Å²) >= 11 is 5.82. The van der Waals surface area contributed by atoms with Crippen LogP contribution in [0, 0.1) is 0 Å². The van der Waals surface area contributed by atoms with Gasteiger partial charge in [-0.15, -0.1) is 0 Å². The minimum absolute atomic E-state index is 0.0510. The molecule has 0 aliphatic carbocycles. The molecule has 0 bridgehead atoms. The lowest BCUT2D eigenvalue weighted by Gasteiger charge is -2.13. The number of imide groups is 1. The SMILES string of the molecule is C=Cc1cc(CN2C(=O)c3ccccc3C2=O)nc(Cl)n1. The Morgan fingerprint density at radius 3 is 2.33 bits per heavy atom. The fourth-order valence-corrected chi connectivity index (χ4v) is 2.42. The fourth-order valence-electron chi connectivity index (χ4n) is 2.22. The van der Waals surface area contributed by atoms with Crippen LogP contribution < -0.4 is 0 Å². The molecule has 1 aliphatic heterocycles. The first-order valence-electron chi connectivity index (χ1n) is 6.21. The quantitative estimate of drug-likeness (QED) is 0.645. The molecule has 0 radical (unpaired) electrons. The van der Waals surface area contributed by atoms with Crippen LogP contribution in [0.15, 0.2) is 36.9 Å². The van der Waals surface area contributed by atoms with Crippen LogP contribution in [0.1, 0.15) is 32.1 Å². The molecule has 2 aromatic rings. The molecule has 1 aromatic heterocycles. The molecular formula is C15H10ClN3O2. The van der Waals surface area contributed by atoms with Crippen molar-refractivity contribution in [1.29, 1.82) is 0 Å². The van der Waals surface area contributed by atoms with E-state index in [1.165, 1.54) is 6.08 Å². The van der Waals surface area contributed by atoms with Crippen LogP contribution in [0.2, 0.25) is 5.28 Å². The van der Waals surface area contributed by atoms with Gasteiger partial charge in [-0.05, 0) is 35.9 Å². The van der Waals surface area contributed by atoms with Gasteiger partial charge in [-0.25, -0.2) is 9.97 Å². The Labute approximate surface area is 125 Å². The van der Waals surface area contributed by atoms with Crippen LogP contribution in [-0.2, 0) is 6.54 Å². The normalized spacial score (nSPS) is 13.5. The van der Waals surface area contributed by atoms with Crippen LogP contribution >= 0.6 is 11.6 Å². The van der Waals surface area contributed by atoms with E-state index in [1.807, 2.05) is 0 Å². The predicted molar refractivity (Wildman–Crippen MR) is 77.8 cm³/mol. The van der Waals surface area contributed by atoms with Crippen molar-refractivity contribution in [3.05, 3.63) is 64.7 Å². The summed E-state index contributed by atoms with van der Waals surface area (Å²) in [5.41, 5.74) is 1.85. The molecule has 0 spiro atoms. The minimum Gasteiger partial charge on any atom is -0.269 e. The van der Waals surface area contributed by atoms with Crippen molar-refractivity contribution >= 4 is 29.5 Å². The van der Waals surface area contributed by atoms with Crippen LogP contribution in [0.5, 0.6) is 0 Å². The first kappa shape index (κ1) is 13.5. The number of carbonyl (C=O) groups excluding carboxylic acids is 2. The molecule has 3 rings (SSSR count). The van der Waals surface area contributed by atoms with Gasteiger partial charge >= 0.3 is 0 Å². The number of benzene rings is 1. The topological polar surface area (TPSA) is 63.2 Å². The Balaban J connectivity index is 1.94. The monoisotopic (exact) mass is 299 g/mol. The summed E-state index contributed by atoms with van der Waals surface area (Å²) in [6, 6.07) is 8.37. The Morgan fingerprint density at radius 1 is 1.14 bits per heavy atom. The van der Waals surface area contributed by atoms with Crippen molar-refractivity contribution < 1.29 is 9.59 Å². The second-order valence-electron chi connectivity index (χ2n) is 4.50. The van der Waals surface area contributed by atoms with Gasteiger partial charge in [-0.3, -0.25) is 14.5 Å². The number of nitrogens with zero attached hydrogens (tertiary/aromatic N) is 3. The van der Waals surface area contributed by atoms with Gasteiger partial charge in [-0.1, -0.05) is 18.7 Å². The average Bonchev–Trinajstić information content (AvgIpc) is 2.72. The van der Waals surface area contributed by atoms with Gasteiger partial charge in [0.05, 0.1) is 29.1 Å². The molecule has 0 saturated carbocycles. The summed E-state index contributed by atoms with van der Waals surface area (Å²) in [4.78, 5) is 33.7. The molecule has 1 aromatic carbocycles. The maximum absolute atomic E-state index is 12.3. The number of halogens is 1. The number of carbonyl (C=O) groups is 2. The van der Waals surface area contributed by atoms with E-state index in [0.717, 1.165) is 4.90 Å². The zero-order chi connectivity index (χ0) is 15.0. The first-order chi connectivity index (χ1) is 10.1. The fraction of sp³-hybridized carbons (Fsp3) is 0.0667. The highest BCUT2D eigenvalue weighted by Crippen LogP contribution is 2.24. The Bertz CT molecular complexity index is 738. The van der Waals surface area contributed by atoms with E-state index < -0.39 is 0 Å². The van der Waals surface area contributed by atoms with Crippen molar-refractivity contribution in [3.8, 4) is 0 Å². The second-order valence-corrected chi connectivity index (χ2v) is 4.84. The highest BCUT2D eigenvalue weighted by molar-refractivity contribution is 6.28. The van der Waals surface area contributed by atoms with E-state index in [1.54, 1.807) is 30.3 Å². The van der Waals surface area contributed by atoms with E-state index in [2.05, 4.69) is 16.5 Å². The molecule has 6 heteroatoms. The van der Waals surface area contributed by atoms with E-state index >= 15 is 0 Å². The molecule has 104 valence electrons. The van der Waals surface area contributed by atoms with E-state index in [4.69, 9.17) is 11.6 Å². The van der Waals surface area contributed by atoms with Gasteiger partial charge in [0, 0.05) is 0 Å². The van der Waals surface area contributed by atoms with Gasteiger partial charge in [0.1, 0.15) is 0 Å². The largest absolute Gasteiger partial charge is 0.269 e. The Kier molecular flexibility index (Phi) is 3.27. The van der Waals surface area contributed by atoms with Crippen molar-refractivity contribution in [1.82, 2.24) is 14.9 Å². The van der Waals surface area contributed by atoms with Gasteiger partial charge in [0.15, 0.2) is 0 Å². The summed E-state index contributed by atoms with van der Waals surface area (Å²) in [6.07, 6.45) is 1.53.